The van der Waals surface area contributed by atoms with Gasteiger partial charge in [0.2, 0.25) is 5.91 Å². The summed E-state index contributed by atoms with van der Waals surface area (Å²) in [6.45, 7) is 2.97. The van der Waals surface area contributed by atoms with Crippen molar-refractivity contribution in [3.63, 3.8) is 0 Å². The van der Waals surface area contributed by atoms with Crippen LogP contribution in [0.3, 0.4) is 0 Å². The first kappa shape index (κ1) is 22.5. The van der Waals surface area contributed by atoms with Crippen LogP contribution in [0.1, 0.15) is 33.0 Å². The number of ether oxygens (including phenoxy) is 1. The molecule has 0 aromatic heterocycles. The molecule has 2 amide bonds. The lowest BCUT2D eigenvalue weighted by Crippen LogP contribution is -2.35. The third kappa shape index (κ3) is 5.06. The van der Waals surface area contributed by atoms with E-state index in [0.29, 0.717) is 30.9 Å². The molecule has 170 valence electrons. The summed E-state index contributed by atoms with van der Waals surface area (Å²) in [6.07, 6.45) is 0. The Kier molecular flexibility index (Phi) is 6.73. The first-order valence-corrected chi connectivity index (χ1v) is 11.0. The molecule has 0 aliphatic carbocycles. The van der Waals surface area contributed by atoms with Gasteiger partial charge in [0.15, 0.2) is 0 Å². The predicted octanol–water partition coefficient (Wildman–Crippen LogP) is 4.31. The summed E-state index contributed by atoms with van der Waals surface area (Å²) in [5.74, 6) is -0.389. The van der Waals surface area contributed by atoms with Crippen molar-refractivity contribution in [3.05, 3.63) is 101 Å². The van der Waals surface area contributed by atoms with Crippen LogP contribution in [-0.2, 0) is 11.3 Å². The standard InChI is InChI=1S/C27H27FN2O3/c1-18-6-3-4-9-23(18)27(32)30-16-24(20-7-5-8-22(14-20)33-2)25(17-30)26(31)29-15-19-10-12-21(28)13-11-19/h3-14,24-25H,15-17H2,1-2H3,(H,29,31)/t24-,25+/m1/s1. The van der Waals surface area contributed by atoms with Gasteiger partial charge in [-0.2, -0.15) is 0 Å². The van der Waals surface area contributed by atoms with Gasteiger partial charge in [-0.25, -0.2) is 4.39 Å². The van der Waals surface area contributed by atoms with Gasteiger partial charge in [0.05, 0.1) is 13.0 Å². The number of nitrogens with zero attached hydrogens (tertiary/aromatic N) is 1. The van der Waals surface area contributed by atoms with E-state index in [1.165, 1.54) is 12.1 Å². The van der Waals surface area contributed by atoms with Crippen molar-refractivity contribution in [3.8, 4) is 5.75 Å². The van der Waals surface area contributed by atoms with Gasteiger partial charge in [-0.15, -0.1) is 0 Å². The van der Waals surface area contributed by atoms with Crippen LogP contribution in [0.4, 0.5) is 4.39 Å². The molecule has 1 aliphatic rings. The molecule has 33 heavy (non-hydrogen) atoms. The fourth-order valence-corrected chi connectivity index (χ4v) is 4.35. The van der Waals surface area contributed by atoms with E-state index in [2.05, 4.69) is 5.32 Å². The zero-order valence-electron chi connectivity index (χ0n) is 18.8. The van der Waals surface area contributed by atoms with E-state index in [-0.39, 0.29) is 23.5 Å². The Bertz CT molecular complexity index is 1150. The molecule has 1 fully saturated rings. The van der Waals surface area contributed by atoms with E-state index in [9.17, 15) is 14.0 Å². The zero-order chi connectivity index (χ0) is 23.4. The van der Waals surface area contributed by atoms with Crippen molar-refractivity contribution < 1.29 is 18.7 Å². The van der Waals surface area contributed by atoms with Crippen LogP contribution in [0.15, 0.2) is 72.8 Å². The van der Waals surface area contributed by atoms with Crippen LogP contribution in [0.5, 0.6) is 5.75 Å². The van der Waals surface area contributed by atoms with Gasteiger partial charge in [-0.3, -0.25) is 9.59 Å². The number of hydrogen-bond donors (Lipinski definition) is 1. The monoisotopic (exact) mass is 446 g/mol. The van der Waals surface area contributed by atoms with Gasteiger partial charge in [0.25, 0.3) is 5.91 Å². The van der Waals surface area contributed by atoms with Crippen molar-refractivity contribution >= 4 is 11.8 Å². The second-order valence-electron chi connectivity index (χ2n) is 8.36. The number of nitrogens with one attached hydrogen (secondary N) is 1. The SMILES string of the molecule is COc1cccc([C@H]2CN(C(=O)c3ccccc3C)C[C@@H]2C(=O)NCc2ccc(F)cc2)c1. The summed E-state index contributed by atoms with van der Waals surface area (Å²) in [6, 6.07) is 21.2. The lowest BCUT2D eigenvalue weighted by atomic mass is 9.88. The molecular weight excluding hydrogens is 419 g/mol. The van der Waals surface area contributed by atoms with Crippen LogP contribution in [-0.4, -0.2) is 36.9 Å². The Morgan fingerprint density at radius 2 is 1.79 bits per heavy atom. The van der Waals surface area contributed by atoms with Crippen molar-refractivity contribution in [2.24, 2.45) is 5.92 Å². The maximum atomic E-state index is 13.3. The molecule has 4 rings (SSSR count). The highest BCUT2D eigenvalue weighted by molar-refractivity contribution is 5.96. The third-order valence-electron chi connectivity index (χ3n) is 6.22. The average molecular weight is 447 g/mol. The molecule has 0 unspecified atom stereocenters. The number of hydrogen-bond acceptors (Lipinski definition) is 3. The highest BCUT2D eigenvalue weighted by Crippen LogP contribution is 2.35. The summed E-state index contributed by atoms with van der Waals surface area (Å²) in [7, 11) is 1.61. The van der Waals surface area contributed by atoms with Gasteiger partial charge in [0, 0.05) is 31.1 Å². The van der Waals surface area contributed by atoms with E-state index in [4.69, 9.17) is 4.74 Å². The molecule has 0 radical (unpaired) electrons. The summed E-state index contributed by atoms with van der Waals surface area (Å²) in [5, 5.41) is 2.97. The number of carbonyl (C=O) groups is 2. The van der Waals surface area contributed by atoms with Crippen LogP contribution in [0.25, 0.3) is 0 Å². The van der Waals surface area contributed by atoms with Crippen molar-refractivity contribution in [1.82, 2.24) is 10.2 Å². The summed E-state index contributed by atoms with van der Waals surface area (Å²) < 4.78 is 18.6. The minimum atomic E-state index is -0.412. The van der Waals surface area contributed by atoms with E-state index >= 15 is 0 Å². The quantitative estimate of drug-likeness (QED) is 0.614. The van der Waals surface area contributed by atoms with Crippen molar-refractivity contribution in [2.75, 3.05) is 20.2 Å². The fraction of sp³-hybridized carbons (Fsp3) is 0.259. The van der Waals surface area contributed by atoms with Crippen LogP contribution in [0.2, 0.25) is 0 Å². The Morgan fingerprint density at radius 1 is 1.03 bits per heavy atom. The first-order chi connectivity index (χ1) is 16.0. The van der Waals surface area contributed by atoms with Gasteiger partial charge < -0.3 is 15.0 Å². The highest BCUT2D eigenvalue weighted by Gasteiger charge is 2.40. The molecule has 3 aromatic rings. The average Bonchev–Trinajstić information content (AvgIpc) is 3.29. The molecule has 0 spiro atoms. The molecule has 0 saturated carbocycles. The highest BCUT2D eigenvalue weighted by atomic mass is 19.1. The van der Waals surface area contributed by atoms with E-state index in [1.807, 2.05) is 55.5 Å². The summed E-state index contributed by atoms with van der Waals surface area (Å²) in [5.41, 5.74) is 3.32. The second-order valence-corrected chi connectivity index (χ2v) is 8.36. The number of benzene rings is 3. The summed E-state index contributed by atoms with van der Waals surface area (Å²) in [4.78, 5) is 28.3. The Balaban J connectivity index is 1.57. The molecular formula is C27H27FN2O3. The topological polar surface area (TPSA) is 58.6 Å². The Hall–Kier alpha value is -3.67. The Morgan fingerprint density at radius 3 is 2.52 bits per heavy atom. The number of halogens is 1. The number of rotatable bonds is 6. The smallest absolute Gasteiger partial charge is 0.254 e. The maximum absolute atomic E-state index is 13.3. The van der Waals surface area contributed by atoms with Gasteiger partial charge in [0.1, 0.15) is 11.6 Å². The molecule has 5 nitrogen and oxygen atoms in total. The minimum Gasteiger partial charge on any atom is -0.497 e. The third-order valence-corrected chi connectivity index (χ3v) is 6.22. The molecule has 2 atom stereocenters. The number of likely N-dealkylation sites (tertiary alicyclic amines) is 1. The number of methoxy groups -OCH3 is 1. The lowest BCUT2D eigenvalue weighted by molar-refractivity contribution is -0.125. The largest absolute Gasteiger partial charge is 0.497 e. The number of amides is 2. The fourth-order valence-electron chi connectivity index (χ4n) is 4.35. The minimum absolute atomic E-state index is 0.0742. The maximum Gasteiger partial charge on any atom is 0.254 e. The molecule has 1 aliphatic heterocycles. The first-order valence-electron chi connectivity index (χ1n) is 11.0. The van der Waals surface area contributed by atoms with E-state index in [1.54, 1.807) is 24.1 Å². The van der Waals surface area contributed by atoms with Crippen LogP contribution < -0.4 is 10.1 Å². The van der Waals surface area contributed by atoms with Crippen molar-refractivity contribution in [2.45, 2.75) is 19.4 Å². The molecule has 1 heterocycles. The van der Waals surface area contributed by atoms with E-state index in [0.717, 1.165) is 16.7 Å². The van der Waals surface area contributed by atoms with E-state index < -0.39 is 5.92 Å². The normalized spacial score (nSPS) is 17.6. The van der Waals surface area contributed by atoms with Gasteiger partial charge >= 0.3 is 0 Å². The number of aryl methyl sites for hydroxylation is 1. The van der Waals surface area contributed by atoms with Crippen molar-refractivity contribution in [1.29, 1.82) is 0 Å². The summed E-state index contributed by atoms with van der Waals surface area (Å²) >= 11 is 0. The molecule has 0 bridgehead atoms. The van der Waals surface area contributed by atoms with Gasteiger partial charge in [-0.05, 0) is 53.9 Å². The zero-order valence-corrected chi connectivity index (χ0v) is 18.8. The number of carbonyl (C=O) groups excluding carboxylic acids is 2. The lowest BCUT2D eigenvalue weighted by Gasteiger charge is -2.19. The predicted molar refractivity (Wildman–Crippen MR) is 125 cm³/mol. The van der Waals surface area contributed by atoms with Crippen LogP contribution >= 0.6 is 0 Å². The second kappa shape index (κ2) is 9.86. The van der Waals surface area contributed by atoms with Gasteiger partial charge in [-0.1, -0.05) is 42.5 Å². The van der Waals surface area contributed by atoms with Crippen LogP contribution in [0, 0.1) is 18.7 Å². The Labute approximate surface area is 193 Å². The molecule has 3 aromatic carbocycles. The molecule has 1 N–H and O–H groups in total. The molecule has 6 heteroatoms. The molecule has 1 saturated heterocycles.